The lowest BCUT2D eigenvalue weighted by Gasteiger charge is -2.44. The number of nitrogens with zero attached hydrogens (tertiary/aromatic N) is 2. The van der Waals surface area contributed by atoms with Crippen LogP contribution in [-0.2, 0) is 11.3 Å². The second-order valence-electron chi connectivity index (χ2n) is 10.4. The molecule has 3 aliphatic rings. The second-order valence-corrected chi connectivity index (χ2v) is 11.3. The van der Waals surface area contributed by atoms with Gasteiger partial charge in [-0.25, -0.2) is 4.79 Å². The zero-order chi connectivity index (χ0) is 25.7. The van der Waals surface area contributed by atoms with E-state index in [1.807, 2.05) is 4.90 Å². The second kappa shape index (κ2) is 9.46. The molecule has 7 nitrogen and oxygen atoms in total. The van der Waals surface area contributed by atoms with Gasteiger partial charge in [0.15, 0.2) is 0 Å². The van der Waals surface area contributed by atoms with Crippen LogP contribution in [0.25, 0.3) is 11.3 Å². The van der Waals surface area contributed by atoms with Gasteiger partial charge in [0.1, 0.15) is 11.5 Å². The number of benzene rings is 2. The van der Waals surface area contributed by atoms with Gasteiger partial charge in [-0.2, -0.15) is 0 Å². The van der Waals surface area contributed by atoms with E-state index < -0.39 is 5.97 Å². The summed E-state index contributed by atoms with van der Waals surface area (Å²) in [4.78, 5) is 26.1. The predicted octanol–water partition coefficient (Wildman–Crippen LogP) is 6.44. The molecule has 9 heteroatoms. The Balaban J connectivity index is 1.11. The van der Waals surface area contributed by atoms with Gasteiger partial charge in [0.05, 0.1) is 28.3 Å². The molecule has 1 N–H and O–H groups in total. The molecule has 1 saturated heterocycles. The number of rotatable bonds is 7. The van der Waals surface area contributed by atoms with Crippen LogP contribution in [0.3, 0.4) is 0 Å². The molecule has 0 unspecified atom stereocenters. The van der Waals surface area contributed by atoms with E-state index in [1.165, 1.54) is 12.1 Å². The maximum absolute atomic E-state index is 13.0. The van der Waals surface area contributed by atoms with Crippen LogP contribution in [0.1, 0.15) is 70.1 Å². The van der Waals surface area contributed by atoms with Gasteiger partial charge >= 0.3 is 5.97 Å². The number of aromatic carboxylic acids is 1. The molecule has 2 saturated carbocycles. The summed E-state index contributed by atoms with van der Waals surface area (Å²) in [7, 11) is 0. The van der Waals surface area contributed by atoms with E-state index in [9.17, 15) is 14.7 Å². The predicted molar refractivity (Wildman–Crippen MR) is 138 cm³/mol. The van der Waals surface area contributed by atoms with Gasteiger partial charge in [0, 0.05) is 35.7 Å². The van der Waals surface area contributed by atoms with Crippen molar-refractivity contribution >= 4 is 35.1 Å². The Morgan fingerprint density at radius 2 is 1.81 bits per heavy atom. The molecule has 1 amide bonds. The maximum atomic E-state index is 13.0. The number of hydrogen-bond donors (Lipinski definition) is 1. The molecule has 2 aromatic carbocycles. The first-order valence-electron chi connectivity index (χ1n) is 12.5. The van der Waals surface area contributed by atoms with Crippen LogP contribution in [-0.4, -0.2) is 46.2 Å². The highest BCUT2D eigenvalue weighted by atomic mass is 35.5. The van der Waals surface area contributed by atoms with E-state index in [2.05, 4.69) is 5.16 Å². The minimum Gasteiger partial charge on any atom is -0.478 e. The van der Waals surface area contributed by atoms with Crippen molar-refractivity contribution in [3.8, 4) is 11.3 Å². The number of carboxylic acid groups (broad SMARTS) is 1. The largest absolute Gasteiger partial charge is 0.478 e. The minimum atomic E-state index is -1.04. The SMILES string of the molecule is O=C(O)c1cccc(C(=O)N2CCC3(CC(OCc4c(-c5c(Cl)cccc5Cl)noc4C4CC4)C3)C2)c1. The van der Waals surface area contributed by atoms with Crippen LogP contribution in [0, 0.1) is 5.41 Å². The number of aromatic nitrogens is 1. The molecule has 2 heterocycles. The lowest BCUT2D eigenvalue weighted by atomic mass is 9.66. The molecule has 0 atom stereocenters. The fourth-order valence-electron chi connectivity index (χ4n) is 5.68. The summed E-state index contributed by atoms with van der Waals surface area (Å²) < 4.78 is 12.1. The van der Waals surface area contributed by atoms with E-state index in [1.54, 1.807) is 30.3 Å². The van der Waals surface area contributed by atoms with Gasteiger partial charge in [-0.3, -0.25) is 4.79 Å². The Morgan fingerprint density at radius 1 is 1.11 bits per heavy atom. The third-order valence-electron chi connectivity index (χ3n) is 7.83. The first-order valence-corrected chi connectivity index (χ1v) is 13.3. The molecule has 0 radical (unpaired) electrons. The molecular formula is C28H26Cl2N2O5. The van der Waals surface area contributed by atoms with Gasteiger partial charge < -0.3 is 19.3 Å². The zero-order valence-corrected chi connectivity index (χ0v) is 21.6. The normalized spacial score (nSPS) is 22.9. The van der Waals surface area contributed by atoms with Crippen molar-refractivity contribution in [3.05, 3.63) is 75.0 Å². The van der Waals surface area contributed by atoms with Gasteiger partial charge in [-0.05, 0) is 67.9 Å². The molecule has 3 fully saturated rings. The average molecular weight is 541 g/mol. The smallest absolute Gasteiger partial charge is 0.335 e. The molecule has 1 aromatic heterocycles. The van der Waals surface area contributed by atoms with E-state index in [0.717, 1.165) is 43.4 Å². The molecule has 3 aromatic rings. The number of halogens is 2. The molecular weight excluding hydrogens is 515 g/mol. The van der Waals surface area contributed by atoms with Crippen LogP contribution >= 0.6 is 23.2 Å². The lowest BCUT2D eigenvalue weighted by Crippen LogP contribution is -2.45. The Hall–Kier alpha value is -2.87. The first-order chi connectivity index (χ1) is 17.8. The average Bonchev–Trinajstić information content (AvgIpc) is 3.47. The van der Waals surface area contributed by atoms with E-state index in [-0.39, 0.29) is 23.0 Å². The third-order valence-corrected chi connectivity index (χ3v) is 8.46. The number of amides is 1. The van der Waals surface area contributed by atoms with E-state index in [0.29, 0.717) is 52.5 Å². The van der Waals surface area contributed by atoms with Crippen molar-refractivity contribution in [2.45, 2.75) is 50.7 Å². The minimum absolute atomic E-state index is 0.0492. The van der Waals surface area contributed by atoms with Crippen LogP contribution in [0.4, 0.5) is 0 Å². The molecule has 2 aliphatic carbocycles. The van der Waals surface area contributed by atoms with Crippen LogP contribution in [0.15, 0.2) is 47.0 Å². The number of likely N-dealkylation sites (tertiary alicyclic amines) is 1. The third kappa shape index (κ3) is 4.65. The molecule has 1 aliphatic heterocycles. The monoisotopic (exact) mass is 540 g/mol. The van der Waals surface area contributed by atoms with E-state index >= 15 is 0 Å². The molecule has 6 rings (SSSR count). The summed E-state index contributed by atoms with van der Waals surface area (Å²) in [6.45, 7) is 1.69. The fourth-order valence-corrected chi connectivity index (χ4v) is 6.26. The number of carboxylic acids is 1. The Kier molecular flexibility index (Phi) is 6.25. The van der Waals surface area contributed by atoms with Crippen molar-refractivity contribution in [3.63, 3.8) is 0 Å². The van der Waals surface area contributed by atoms with Crippen LogP contribution < -0.4 is 0 Å². The molecule has 37 heavy (non-hydrogen) atoms. The highest BCUT2D eigenvalue weighted by molar-refractivity contribution is 6.39. The zero-order valence-electron chi connectivity index (χ0n) is 20.1. The Morgan fingerprint density at radius 3 is 2.51 bits per heavy atom. The summed E-state index contributed by atoms with van der Waals surface area (Å²) in [5.74, 6) is 0.0671. The van der Waals surface area contributed by atoms with Gasteiger partial charge in [0.25, 0.3) is 5.91 Å². The summed E-state index contributed by atoms with van der Waals surface area (Å²) in [6, 6.07) is 11.6. The van der Waals surface area contributed by atoms with Crippen LogP contribution in [0.2, 0.25) is 10.0 Å². The van der Waals surface area contributed by atoms with E-state index in [4.69, 9.17) is 32.5 Å². The van der Waals surface area contributed by atoms with Crippen molar-refractivity contribution in [1.29, 1.82) is 0 Å². The number of ether oxygens (including phenoxy) is 1. The maximum Gasteiger partial charge on any atom is 0.335 e. The number of carbonyl (C=O) groups excluding carboxylic acids is 1. The summed E-state index contributed by atoms with van der Waals surface area (Å²) in [6.07, 6.45) is 4.89. The Labute approximate surface area is 224 Å². The van der Waals surface area contributed by atoms with Crippen molar-refractivity contribution in [2.75, 3.05) is 13.1 Å². The summed E-state index contributed by atoms with van der Waals surface area (Å²) in [5, 5.41) is 14.6. The topological polar surface area (TPSA) is 92.9 Å². The van der Waals surface area contributed by atoms with Crippen molar-refractivity contribution in [2.24, 2.45) is 5.41 Å². The standard InChI is InChI=1S/C28H26Cl2N2O5/c29-21-5-2-6-22(30)23(21)24-20(25(37-31-24)16-7-8-16)14-36-19-12-28(13-19)9-10-32(15-28)26(33)17-3-1-4-18(11-17)27(34)35/h1-6,11,16,19H,7-10,12-15H2,(H,34,35). The van der Waals surface area contributed by atoms with Crippen molar-refractivity contribution < 1.29 is 24.0 Å². The lowest BCUT2D eigenvalue weighted by molar-refractivity contribution is -0.0830. The van der Waals surface area contributed by atoms with Gasteiger partial charge in [0.2, 0.25) is 0 Å². The number of hydrogen-bond acceptors (Lipinski definition) is 5. The van der Waals surface area contributed by atoms with Crippen molar-refractivity contribution in [1.82, 2.24) is 10.1 Å². The van der Waals surface area contributed by atoms with Crippen LogP contribution in [0.5, 0.6) is 0 Å². The fraction of sp³-hybridized carbons (Fsp3) is 0.393. The highest BCUT2D eigenvalue weighted by Crippen LogP contribution is 2.51. The molecule has 0 bridgehead atoms. The summed E-state index contributed by atoms with van der Waals surface area (Å²) in [5.41, 5.74) is 2.81. The Bertz CT molecular complexity index is 1360. The molecule has 1 spiro atoms. The summed E-state index contributed by atoms with van der Waals surface area (Å²) >= 11 is 12.9. The van der Waals surface area contributed by atoms with Gasteiger partial charge in [-0.15, -0.1) is 0 Å². The number of carbonyl (C=O) groups is 2. The highest BCUT2D eigenvalue weighted by Gasteiger charge is 2.50. The quantitative estimate of drug-likeness (QED) is 0.370. The molecule has 192 valence electrons. The van der Waals surface area contributed by atoms with Gasteiger partial charge in [-0.1, -0.05) is 40.5 Å². The first kappa shape index (κ1) is 24.5.